The van der Waals surface area contributed by atoms with Gasteiger partial charge in [0.05, 0.1) is 18.2 Å². The summed E-state index contributed by atoms with van der Waals surface area (Å²) < 4.78 is 39.4. The van der Waals surface area contributed by atoms with Crippen LogP contribution in [0, 0.1) is 18.3 Å². The standard InChI is InChI=1S/C33H37N7O5S/c1-20-16-27-22(19-35-31(38-27)36-23-10-12-24(13-11-23)37-32(41)45-33(2,3)4)17-26(20)25-14-15-29(39-30(25)44-5)40-46(42,43)28-9-7-6-8-21(28)18-34/h6-9,14-17,19,23-24H,10-13H2,1-5H3,(H,37,41)(H,39,40)(H,35,36,38). The fourth-order valence-electron chi connectivity index (χ4n) is 5.43. The molecule has 3 N–H and O–H groups in total. The Labute approximate surface area is 268 Å². The summed E-state index contributed by atoms with van der Waals surface area (Å²) in [6, 6.07) is 15.3. The summed E-state index contributed by atoms with van der Waals surface area (Å²) in [6.07, 6.45) is 4.77. The van der Waals surface area contributed by atoms with Crippen LogP contribution in [0.2, 0.25) is 0 Å². The molecule has 46 heavy (non-hydrogen) atoms. The molecule has 0 bridgehead atoms. The van der Waals surface area contributed by atoms with Gasteiger partial charge >= 0.3 is 6.09 Å². The highest BCUT2D eigenvalue weighted by Gasteiger charge is 2.25. The van der Waals surface area contributed by atoms with E-state index >= 15 is 0 Å². The van der Waals surface area contributed by atoms with E-state index in [0.29, 0.717) is 11.5 Å². The van der Waals surface area contributed by atoms with Crippen molar-refractivity contribution < 1.29 is 22.7 Å². The van der Waals surface area contributed by atoms with Crippen LogP contribution in [0.1, 0.15) is 57.6 Å². The van der Waals surface area contributed by atoms with E-state index in [0.717, 1.165) is 47.7 Å². The maximum absolute atomic E-state index is 13.0. The number of nitrogens with zero attached hydrogens (tertiary/aromatic N) is 4. The van der Waals surface area contributed by atoms with Crippen molar-refractivity contribution >= 4 is 38.8 Å². The molecule has 2 aromatic heterocycles. The molecular weight excluding hydrogens is 606 g/mol. The highest BCUT2D eigenvalue weighted by atomic mass is 32.2. The molecule has 1 aliphatic rings. The first kappa shape index (κ1) is 32.4. The molecule has 0 unspecified atom stereocenters. The molecule has 1 fully saturated rings. The lowest BCUT2D eigenvalue weighted by atomic mass is 9.91. The number of hydrogen-bond donors (Lipinski definition) is 3. The van der Waals surface area contributed by atoms with Gasteiger partial charge in [0.2, 0.25) is 11.8 Å². The van der Waals surface area contributed by atoms with Gasteiger partial charge in [-0.05, 0) is 101 Å². The van der Waals surface area contributed by atoms with Crippen LogP contribution in [0.15, 0.2) is 59.6 Å². The third kappa shape index (κ3) is 7.63. The number of nitrogens with one attached hydrogen (secondary N) is 3. The number of carbonyl (C=O) groups excluding carboxylic acids is 1. The number of nitriles is 1. The van der Waals surface area contributed by atoms with Crippen LogP contribution in [-0.2, 0) is 14.8 Å². The number of hydrogen-bond acceptors (Lipinski definition) is 10. The smallest absolute Gasteiger partial charge is 0.407 e. The lowest BCUT2D eigenvalue weighted by Gasteiger charge is -2.30. The fourth-order valence-corrected chi connectivity index (χ4v) is 6.59. The Kier molecular flexibility index (Phi) is 9.29. The van der Waals surface area contributed by atoms with Crippen LogP contribution in [0.3, 0.4) is 0 Å². The quantitative estimate of drug-likeness (QED) is 0.209. The van der Waals surface area contributed by atoms with E-state index in [1.165, 1.54) is 19.2 Å². The number of alkyl carbamates (subject to hydrolysis) is 1. The van der Waals surface area contributed by atoms with Crippen molar-refractivity contribution in [2.75, 3.05) is 17.1 Å². The molecule has 0 atom stereocenters. The number of benzene rings is 2. The lowest BCUT2D eigenvalue weighted by Crippen LogP contribution is -2.42. The summed E-state index contributed by atoms with van der Waals surface area (Å²) in [5.41, 5.74) is 2.70. The first-order valence-electron chi connectivity index (χ1n) is 15.0. The number of sulfonamides is 1. The van der Waals surface area contributed by atoms with Crippen LogP contribution < -0.4 is 20.1 Å². The minimum atomic E-state index is -4.06. The van der Waals surface area contributed by atoms with Gasteiger partial charge in [-0.15, -0.1) is 0 Å². The van der Waals surface area contributed by atoms with Gasteiger partial charge < -0.3 is 20.1 Å². The summed E-state index contributed by atoms with van der Waals surface area (Å²) in [6.45, 7) is 7.50. The average molecular weight is 644 g/mol. The Morgan fingerprint density at radius 1 is 1.00 bits per heavy atom. The second-order valence-electron chi connectivity index (χ2n) is 12.2. The Balaban J connectivity index is 1.29. The molecule has 0 spiro atoms. The SMILES string of the molecule is COc1nc(NS(=O)(=O)c2ccccc2C#N)ccc1-c1cc2cnc(NC3CCC(NC(=O)OC(C)(C)C)CC3)nc2cc1C. The molecule has 2 heterocycles. The zero-order chi connectivity index (χ0) is 33.1. The van der Waals surface area contributed by atoms with E-state index in [1.807, 2.05) is 45.9 Å². The molecule has 1 amide bonds. The zero-order valence-electron chi connectivity index (χ0n) is 26.4. The van der Waals surface area contributed by atoms with Gasteiger partial charge in [0.15, 0.2) is 0 Å². The molecule has 0 aliphatic heterocycles. The predicted molar refractivity (Wildman–Crippen MR) is 175 cm³/mol. The van der Waals surface area contributed by atoms with Crippen LogP contribution in [0.5, 0.6) is 5.88 Å². The van der Waals surface area contributed by atoms with Gasteiger partial charge in [0, 0.05) is 29.2 Å². The van der Waals surface area contributed by atoms with Gasteiger partial charge in [-0.3, -0.25) is 4.72 Å². The minimum absolute atomic E-state index is 0.0333. The van der Waals surface area contributed by atoms with Crippen molar-refractivity contribution in [2.24, 2.45) is 0 Å². The third-order valence-electron chi connectivity index (χ3n) is 7.59. The number of aryl methyl sites for hydroxylation is 1. The van der Waals surface area contributed by atoms with Gasteiger partial charge in [-0.25, -0.2) is 23.2 Å². The van der Waals surface area contributed by atoms with Crippen molar-refractivity contribution in [2.45, 2.75) is 76.0 Å². The van der Waals surface area contributed by atoms with Gasteiger partial charge in [0.25, 0.3) is 10.0 Å². The number of ether oxygens (including phenoxy) is 2. The first-order chi connectivity index (χ1) is 21.8. The highest BCUT2D eigenvalue weighted by Crippen LogP contribution is 2.35. The average Bonchev–Trinajstić information content (AvgIpc) is 3.00. The Bertz CT molecular complexity index is 1910. The molecule has 240 valence electrons. The lowest BCUT2D eigenvalue weighted by molar-refractivity contribution is 0.0492. The summed E-state index contributed by atoms with van der Waals surface area (Å²) in [5, 5.41) is 16.6. The van der Waals surface area contributed by atoms with Crippen molar-refractivity contribution in [3.05, 3.63) is 65.9 Å². The summed E-state index contributed by atoms with van der Waals surface area (Å²) >= 11 is 0. The first-order valence-corrected chi connectivity index (χ1v) is 16.4. The molecule has 2 aromatic carbocycles. The van der Waals surface area contributed by atoms with E-state index in [9.17, 15) is 18.5 Å². The largest absolute Gasteiger partial charge is 0.480 e. The molecule has 1 aliphatic carbocycles. The van der Waals surface area contributed by atoms with Crippen LogP contribution >= 0.6 is 0 Å². The molecule has 12 nitrogen and oxygen atoms in total. The van der Waals surface area contributed by atoms with E-state index in [1.54, 1.807) is 30.5 Å². The number of anilines is 2. The number of methoxy groups -OCH3 is 1. The second kappa shape index (κ2) is 13.2. The Morgan fingerprint density at radius 2 is 1.72 bits per heavy atom. The zero-order valence-corrected chi connectivity index (χ0v) is 27.2. The van der Waals surface area contributed by atoms with E-state index in [2.05, 4.69) is 25.3 Å². The van der Waals surface area contributed by atoms with Crippen LogP contribution in [-0.4, -0.2) is 54.3 Å². The number of pyridine rings is 1. The Morgan fingerprint density at radius 3 is 2.41 bits per heavy atom. The van der Waals surface area contributed by atoms with Gasteiger partial charge in [-0.2, -0.15) is 10.2 Å². The number of fused-ring (bicyclic) bond motifs is 1. The fraction of sp³-hybridized carbons (Fsp3) is 0.364. The normalized spacial score (nSPS) is 16.7. The van der Waals surface area contributed by atoms with Crippen molar-refractivity contribution in [3.63, 3.8) is 0 Å². The van der Waals surface area contributed by atoms with Crippen LogP contribution in [0.4, 0.5) is 16.6 Å². The topological polar surface area (TPSA) is 168 Å². The third-order valence-corrected chi connectivity index (χ3v) is 9.00. The number of amides is 1. The van der Waals surface area contributed by atoms with Crippen molar-refractivity contribution in [3.8, 4) is 23.1 Å². The molecular formula is C33H37N7O5S. The van der Waals surface area contributed by atoms with Gasteiger partial charge in [-0.1, -0.05) is 12.1 Å². The molecule has 0 saturated heterocycles. The molecule has 5 rings (SSSR count). The predicted octanol–water partition coefficient (Wildman–Crippen LogP) is 5.93. The number of rotatable bonds is 8. The molecule has 1 saturated carbocycles. The number of aromatic nitrogens is 3. The van der Waals surface area contributed by atoms with Crippen molar-refractivity contribution in [1.29, 1.82) is 5.26 Å². The second-order valence-corrected chi connectivity index (χ2v) is 13.9. The van der Waals surface area contributed by atoms with Crippen molar-refractivity contribution in [1.82, 2.24) is 20.3 Å². The van der Waals surface area contributed by atoms with E-state index < -0.39 is 15.6 Å². The maximum atomic E-state index is 13.0. The summed E-state index contributed by atoms with van der Waals surface area (Å²) in [7, 11) is -2.59. The highest BCUT2D eigenvalue weighted by molar-refractivity contribution is 7.92. The van der Waals surface area contributed by atoms with Crippen LogP contribution in [0.25, 0.3) is 22.0 Å². The monoisotopic (exact) mass is 643 g/mol. The Hall–Kier alpha value is -4.96. The molecule has 13 heteroatoms. The summed E-state index contributed by atoms with van der Waals surface area (Å²) in [4.78, 5) is 25.7. The number of carbonyl (C=O) groups is 1. The maximum Gasteiger partial charge on any atom is 0.407 e. The van der Waals surface area contributed by atoms with Gasteiger partial charge in [0.1, 0.15) is 22.4 Å². The molecule has 0 radical (unpaired) electrons. The minimum Gasteiger partial charge on any atom is -0.480 e. The molecule has 4 aromatic rings. The summed E-state index contributed by atoms with van der Waals surface area (Å²) in [5.74, 6) is 0.824. The van der Waals surface area contributed by atoms with E-state index in [4.69, 9.17) is 14.5 Å². The van der Waals surface area contributed by atoms with E-state index in [-0.39, 0.29) is 40.3 Å².